The van der Waals surface area contributed by atoms with Gasteiger partial charge in [-0.15, -0.1) is 11.3 Å². The molecule has 7 heteroatoms. The molecule has 0 radical (unpaired) electrons. The maximum atomic E-state index is 12.0. The number of urea groups is 1. The third-order valence-corrected chi connectivity index (χ3v) is 4.00. The minimum atomic E-state index is -0.552. The Hall–Kier alpha value is -2.41. The van der Waals surface area contributed by atoms with Crippen molar-refractivity contribution in [2.75, 3.05) is 11.9 Å². The van der Waals surface area contributed by atoms with E-state index in [1.165, 1.54) is 11.3 Å². The molecule has 1 aliphatic rings. The van der Waals surface area contributed by atoms with E-state index in [2.05, 4.69) is 20.9 Å². The van der Waals surface area contributed by atoms with Crippen LogP contribution in [-0.4, -0.2) is 29.5 Å². The van der Waals surface area contributed by atoms with Crippen molar-refractivity contribution < 1.29 is 9.59 Å². The molecule has 3 N–H and O–H groups in total. The molecule has 0 unspecified atom stereocenters. The van der Waals surface area contributed by atoms with Crippen LogP contribution in [0.25, 0.3) is 11.3 Å². The largest absolute Gasteiger partial charge is 0.336 e. The van der Waals surface area contributed by atoms with Crippen LogP contribution in [0.15, 0.2) is 29.6 Å². The van der Waals surface area contributed by atoms with Crippen LogP contribution in [0.3, 0.4) is 0 Å². The summed E-state index contributed by atoms with van der Waals surface area (Å²) in [6.45, 7) is 2.31. The minimum Gasteiger partial charge on any atom is -0.336 e. The summed E-state index contributed by atoms with van der Waals surface area (Å²) in [6.07, 6.45) is 0. The Balaban J connectivity index is 1.72. The Morgan fingerprint density at radius 3 is 2.95 bits per heavy atom. The second-order valence-corrected chi connectivity index (χ2v) is 5.61. The Bertz CT molecular complexity index is 698. The molecule has 21 heavy (non-hydrogen) atoms. The van der Waals surface area contributed by atoms with Crippen LogP contribution < -0.4 is 16.0 Å². The summed E-state index contributed by atoms with van der Waals surface area (Å²) in [5.74, 6) is -0.265. The fraction of sp³-hybridized carbons (Fsp3) is 0.214. The van der Waals surface area contributed by atoms with Gasteiger partial charge in [0.1, 0.15) is 6.04 Å². The predicted octanol–water partition coefficient (Wildman–Crippen LogP) is 1.74. The number of rotatable bonds is 3. The number of thiazole rings is 1. The summed E-state index contributed by atoms with van der Waals surface area (Å²) >= 11 is 1.36. The standard InChI is InChI=1S/C14H14N4O2S/c1-8-4-2-3-5-9(8)11-7-21-14(17-11)18-12(19)10-6-15-13(20)16-10/h2-5,7,10H,6H2,1H3,(H2,15,16,20)(H,17,18,19)/t10-/m1/s1. The Morgan fingerprint density at radius 2 is 2.24 bits per heavy atom. The van der Waals surface area contributed by atoms with Gasteiger partial charge in [-0.3, -0.25) is 4.79 Å². The van der Waals surface area contributed by atoms with Crippen molar-refractivity contribution in [1.82, 2.24) is 15.6 Å². The Morgan fingerprint density at radius 1 is 1.43 bits per heavy atom. The number of nitrogens with zero attached hydrogens (tertiary/aromatic N) is 1. The molecule has 3 rings (SSSR count). The van der Waals surface area contributed by atoms with Gasteiger partial charge in [-0.05, 0) is 12.5 Å². The highest BCUT2D eigenvalue weighted by atomic mass is 32.1. The SMILES string of the molecule is Cc1ccccc1-c1csc(NC(=O)[C@H]2CNC(=O)N2)n1. The van der Waals surface area contributed by atoms with Gasteiger partial charge >= 0.3 is 6.03 Å². The first-order chi connectivity index (χ1) is 10.1. The number of aryl methyl sites for hydroxylation is 1. The van der Waals surface area contributed by atoms with E-state index in [1.54, 1.807) is 0 Å². The number of benzene rings is 1. The molecule has 1 aromatic carbocycles. The lowest BCUT2D eigenvalue weighted by Gasteiger charge is -2.07. The van der Waals surface area contributed by atoms with E-state index in [4.69, 9.17) is 0 Å². The molecule has 1 saturated heterocycles. The highest BCUT2D eigenvalue weighted by Crippen LogP contribution is 2.27. The van der Waals surface area contributed by atoms with Crippen LogP contribution in [0, 0.1) is 6.92 Å². The number of amides is 3. The summed E-state index contributed by atoms with van der Waals surface area (Å²) in [7, 11) is 0. The summed E-state index contributed by atoms with van der Waals surface area (Å²) in [5, 5.41) is 10.2. The zero-order valence-electron chi connectivity index (χ0n) is 11.3. The van der Waals surface area contributed by atoms with Crippen molar-refractivity contribution in [2.45, 2.75) is 13.0 Å². The minimum absolute atomic E-state index is 0.265. The molecule has 1 atom stereocenters. The van der Waals surface area contributed by atoms with E-state index in [0.29, 0.717) is 11.7 Å². The molecule has 3 amide bonds. The molecule has 0 bridgehead atoms. The molecule has 1 aromatic heterocycles. The van der Waals surface area contributed by atoms with Gasteiger partial charge in [0.15, 0.2) is 5.13 Å². The van der Waals surface area contributed by atoms with Crippen molar-refractivity contribution in [1.29, 1.82) is 0 Å². The van der Waals surface area contributed by atoms with Crippen molar-refractivity contribution in [3.05, 3.63) is 35.2 Å². The number of hydrogen-bond acceptors (Lipinski definition) is 4. The molecule has 1 aliphatic heterocycles. The highest BCUT2D eigenvalue weighted by Gasteiger charge is 2.27. The number of anilines is 1. The molecule has 2 heterocycles. The number of aromatic nitrogens is 1. The van der Waals surface area contributed by atoms with Gasteiger partial charge in [0.25, 0.3) is 5.91 Å². The topological polar surface area (TPSA) is 83.1 Å². The fourth-order valence-electron chi connectivity index (χ4n) is 2.12. The first-order valence-corrected chi connectivity index (χ1v) is 7.38. The summed E-state index contributed by atoms with van der Waals surface area (Å²) in [5.41, 5.74) is 3.01. The average molecular weight is 302 g/mol. The predicted molar refractivity (Wildman–Crippen MR) is 81.2 cm³/mol. The molecular weight excluding hydrogens is 288 g/mol. The van der Waals surface area contributed by atoms with Crippen LogP contribution in [0.4, 0.5) is 9.93 Å². The molecule has 0 aliphatic carbocycles. The van der Waals surface area contributed by atoms with E-state index >= 15 is 0 Å². The van der Waals surface area contributed by atoms with E-state index < -0.39 is 6.04 Å². The van der Waals surface area contributed by atoms with Gasteiger partial charge < -0.3 is 16.0 Å². The smallest absolute Gasteiger partial charge is 0.315 e. The molecular formula is C14H14N4O2S. The number of nitrogens with one attached hydrogen (secondary N) is 3. The Labute approximate surface area is 125 Å². The van der Waals surface area contributed by atoms with E-state index in [9.17, 15) is 9.59 Å². The number of carbonyl (C=O) groups is 2. The molecule has 2 aromatic rings. The van der Waals surface area contributed by atoms with Crippen LogP contribution >= 0.6 is 11.3 Å². The lowest BCUT2D eigenvalue weighted by Crippen LogP contribution is -2.38. The molecule has 0 spiro atoms. The second kappa shape index (κ2) is 5.53. The maximum absolute atomic E-state index is 12.0. The average Bonchev–Trinajstić information content (AvgIpc) is 3.08. The van der Waals surface area contributed by atoms with Gasteiger partial charge in [-0.2, -0.15) is 0 Å². The summed E-state index contributed by atoms with van der Waals surface area (Å²) in [4.78, 5) is 27.4. The third-order valence-electron chi connectivity index (χ3n) is 3.24. The molecule has 6 nitrogen and oxygen atoms in total. The fourth-order valence-corrected chi connectivity index (χ4v) is 2.83. The lowest BCUT2D eigenvalue weighted by atomic mass is 10.1. The third kappa shape index (κ3) is 2.87. The van der Waals surface area contributed by atoms with Crippen LogP contribution in [0.1, 0.15) is 5.56 Å². The molecule has 1 fully saturated rings. The van der Waals surface area contributed by atoms with Crippen molar-refractivity contribution >= 4 is 28.4 Å². The first-order valence-electron chi connectivity index (χ1n) is 6.50. The van der Waals surface area contributed by atoms with Crippen LogP contribution in [0.5, 0.6) is 0 Å². The van der Waals surface area contributed by atoms with E-state index in [1.807, 2.05) is 36.6 Å². The normalized spacial score (nSPS) is 17.2. The quantitative estimate of drug-likeness (QED) is 0.807. The van der Waals surface area contributed by atoms with Crippen molar-refractivity contribution in [3.8, 4) is 11.3 Å². The van der Waals surface area contributed by atoms with Gasteiger partial charge in [-0.1, -0.05) is 24.3 Å². The first kappa shape index (κ1) is 13.6. The molecule has 0 saturated carbocycles. The maximum Gasteiger partial charge on any atom is 0.315 e. The van der Waals surface area contributed by atoms with Gasteiger partial charge in [0.2, 0.25) is 0 Å². The monoisotopic (exact) mass is 302 g/mol. The zero-order chi connectivity index (χ0) is 14.8. The lowest BCUT2D eigenvalue weighted by molar-refractivity contribution is -0.117. The van der Waals surface area contributed by atoms with Crippen molar-refractivity contribution in [3.63, 3.8) is 0 Å². The molecule has 108 valence electrons. The number of carbonyl (C=O) groups excluding carboxylic acids is 2. The summed E-state index contributed by atoms with van der Waals surface area (Å²) in [6, 6.07) is 7.07. The van der Waals surface area contributed by atoms with E-state index in [-0.39, 0.29) is 11.9 Å². The summed E-state index contributed by atoms with van der Waals surface area (Å²) < 4.78 is 0. The van der Waals surface area contributed by atoms with Crippen LogP contribution in [0.2, 0.25) is 0 Å². The van der Waals surface area contributed by atoms with Crippen LogP contribution in [-0.2, 0) is 4.79 Å². The Kier molecular flexibility index (Phi) is 3.57. The van der Waals surface area contributed by atoms with Gasteiger partial charge in [-0.25, -0.2) is 9.78 Å². The van der Waals surface area contributed by atoms with Crippen molar-refractivity contribution in [2.24, 2.45) is 0 Å². The van der Waals surface area contributed by atoms with E-state index in [0.717, 1.165) is 16.8 Å². The second-order valence-electron chi connectivity index (χ2n) is 4.75. The van der Waals surface area contributed by atoms with Gasteiger partial charge in [0, 0.05) is 17.5 Å². The highest BCUT2D eigenvalue weighted by molar-refractivity contribution is 7.14. The van der Waals surface area contributed by atoms with Gasteiger partial charge in [0.05, 0.1) is 5.69 Å². The zero-order valence-corrected chi connectivity index (χ0v) is 12.2. The number of hydrogen-bond donors (Lipinski definition) is 3.